The van der Waals surface area contributed by atoms with E-state index in [0.717, 1.165) is 26.4 Å². The first-order valence-electron chi connectivity index (χ1n) is 7.76. The lowest BCUT2D eigenvalue weighted by Gasteiger charge is -2.21. The van der Waals surface area contributed by atoms with Gasteiger partial charge in [0.15, 0.2) is 0 Å². The van der Waals surface area contributed by atoms with E-state index in [4.69, 9.17) is 44.2 Å². The van der Waals surface area contributed by atoms with Crippen LogP contribution in [-0.4, -0.2) is 49.2 Å². The average Bonchev–Trinajstić information content (AvgIpc) is 2.65. The van der Waals surface area contributed by atoms with Crippen LogP contribution >= 0.6 is 15.9 Å². The van der Waals surface area contributed by atoms with E-state index in [1.54, 1.807) is 0 Å². The van der Waals surface area contributed by atoms with Gasteiger partial charge in [-0.15, -0.1) is 16.4 Å². The minimum absolute atomic E-state index is 0.181. The number of pyridine rings is 2. The number of aromatic nitrogens is 2. The fourth-order valence-corrected chi connectivity index (χ4v) is 3.32. The van der Waals surface area contributed by atoms with Gasteiger partial charge in [-0.25, -0.2) is 9.97 Å². The Morgan fingerprint density at radius 1 is 0.577 bits per heavy atom. The standard InChI is InChI=1S/C18H6B5BrN2/c19-12-11(13(20)15(22)16(23)14(12)21)9-5-3-7-1-2-8-4-6-10(24)26-18(8)17(7)25-9/h1-6H. The molecule has 26 heavy (non-hydrogen) atoms. The van der Waals surface area contributed by atoms with Gasteiger partial charge in [-0.1, -0.05) is 35.2 Å². The molecule has 0 N–H and O–H groups in total. The largest absolute Gasteiger partial charge is 0.246 e. The number of hydrogen-bond donors (Lipinski definition) is 0. The third-order valence-corrected chi connectivity index (χ3v) is 4.88. The zero-order valence-electron chi connectivity index (χ0n) is 13.6. The molecule has 4 aromatic rings. The maximum Gasteiger partial charge on any atom is 0.113 e. The first-order valence-corrected chi connectivity index (χ1v) is 8.55. The van der Waals surface area contributed by atoms with Crippen LogP contribution in [0.3, 0.4) is 0 Å². The fourth-order valence-electron chi connectivity index (χ4n) is 3.01. The maximum atomic E-state index is 6.16. The van der Waals surface area contributed by atoms with Crippen molar-refractivity contribution in [1.29, 1.82) is 0 Å². The molecular weight excluding hydrogens is 378 g/mol. The summed E-state index contributed by atoms with van der Waals surface area (Å²) in [5, 5.41) is 1.92. The molecule has 2 nitrogen and oxygen atoms in total. The number of nitrogens with zero attached hydrogens (tertiary/aromatic N) is 2. The Labute approximate surface area is 166 Å². The molecule has 2 aromatic heterocycles. The van der Waals surface area contributed by atoms with E-state index < -0.39 is 0 Å². The predicted octanol–water partition coefficient (Wildman–Crippen LogP) is -0.818. The van der Waals surface area contributed by atoms with Crippen molar-refractivity contribution in [2.45, 2.75) is 0 Å². The summed E-state index contributed by atoms with van der Waals surface area (Å²) in [5.41, 5.74) is 3.64. The van der Waals surface area contributed by atoms with Gasteiger partial charge >= 0.3 is 0 Å². The molecule has 0 aliphatic carbocycles. The summed E-state index contributed by atoms with van der Waals surface area (Å²) in [7, 11) is 30.2. The molecule has 2 heterocycles. The van der Waals surface area contributed by atoms with Crippen LogP contribution < -0.4 is 27.3 Å². The Kier molecular flexibility index (Phi) is 4.27. The number of hydrogen-bond acceptors (Lipinski definition) is 2. The van der Waals surface area contributed by atoms with E-state index in [-0.39, 0.29) is 27.3 Å². The zero-order chi connectivity index (χ0) is 18.6. The van der Waals surface area contributed by atoms with Gasteiger partial charge in [-0.2, -0.15) is 0 Å². The highest BCUT2D eigenvalue weighted by molar-refractivity contribution is 9.10. The van der Waals surface area contributed by atoms with E-state index in [0.29, 0.717) is 11.3 Å². The summed E-state index contributed by atoms with van der Waals surface area (Å²) in [6, 6.07) is 11.6. The molecule has 0 saturated heterocycles. The van der Waals surface area contributed by atoms with Crippen LogP contribution in [0.1, 0.15) is 0 Å². The molecule has 0 aliphatic heterocycles. The quantitative estimate of drug-likeness (QED) is 0.244. The molecule has 2 aromatic carbocycles. The lowest BCUT2D eigenvalue weighted by atomic mass is 9.60. The molecule has 8 heteroatoms. The molecule has 10 radical (unpaired) electrons. The fraction of sp³-hybridized carbons (Fsp3) is 0. The minimum Gasteiger partial charge on any atom is -0.246 e. The van der Waals surface area contributed by atoms with Gasteiger partial charge in [-0.3, -0.25) is 0 Å². The van der Waals surface area contributed by atoms with Crippen molar-refractivity contribution in [2.75, 3.05) is 0 Å². The van der Waals surface area contributed by atoms with Crippen molar-refractivity contribution >= 4 is 104 Å². The van der Waals surface area contributed by atoms with E-state index in [1.165, 1.54) is 0 Å². The van der Waals surface area contributed by atoms with Crippen molar-refractivity contribution in [3.63, 3.8) is 0 Å². The lowest BCUT2D eigenvalue weighted by Crippen LogP contribution is -2.55. The monoisotopic (exact) mass is 384 g/mol. The minimum atomic E-state index is 0.181. The third kappa shape index (κ3) is 2.63. The van der Waals surface area contributed by atoms with Crippen LogP contribution in [0.25, 0.3) is 33.1 Å². The number of fused-ring (bicyclic) bond motifs is 3. The van der Waals surface area contributed by atoms with Gasteiger partial charge in [0.2, 0.25) is 0 Å². The lowest BCUT2D eigenvalue weighted by molar-refractivity contribution is 1.34. The van der Waals surface area contributed by atoms with Gasteiger partial charge in [0.05, 0.1) is 16.7 Å². The van der Waals surface area contributed by atoms with Crippen molar-refractivity contribution in [3.05, 3.63) is 41.0 Å². The van der Waals surface area contributed by atoms with Crippen molar-refractivity contribution < 1.29 is 0 Å². The molecule has 4 rings (SSSR count). The number of halogens is 1. The average molecular weight is 384 g/mol. The van der Waals surface area contributed by atoms with E-state index >= 15 is 0 Å². The number of benzene rings is 2. The normalized spacial score (nSPS) is 11.3. The second-order valence-electron chi connectivity index (χ2n) is 5.98. The molecule has 0 unspecified atom stereocenters. The topological polar surface area (TPSA) is 25.8 Å². The maximum absolute atomic E-state index is 6.16. The highest BCUT2D eigenvalue weighted by Crippen LogP contribution is 2.26. The smallest absolute Gasteiger partial charge is 0.113 e. The molecule has 0 amide bonds. The molecule has 0 atom stereocenters. The summed E-state index contributed by atoms with van der Waals surface area (Å²) >= 11 is 3.41. The third-order valence-electron chi connectivity index (χ3n) is 4.44. The molecule has 0 aliphatic rings. The highest BCUT2D eigenvalue weighted by Gasteiger charge is 2.14. The van der Waals surface area contributed by atoms with Crippen molar-refractivity contribution in [3.8, 4) is 11.3 Å². The molecule has 110 valence electrons. The van der Waals surface area contributed by atoms with Crippen molar-refractivity contribution in [1.82, 2.24) is 9.97 Å². The van der Waals surface area contributed by atoms with Crippen LogP contribution in [0.15, 0.2) is 41.0 Å². The van der Waals surface area contributed by atoms with Gasteiger partial charge < -0.3 is 0 Å². The predicted molar refractivity (Wildman–Crippen MR) is 117 cm³/mol. The second-order valence-corrected chi connectivity index (χ2v) is 6.80. The first kappa shape index (κ1) is 17.5. The summed E-state index contributed by atoms with van der Waals surface area (Å²) in [6.45, 7) is 0. The van der Waals surface area contributed by atoms with E-state index in [1.807, 2.05) is 36.4 Å². The van der Waals surface area contributed by atoms with Crippen LogP contribution in [0.4, 0.5) is 0 Å². The Morgan fingerprint density at radius 3 is 1.65 bits per heavy atom. The SMILES string of the molecule is [B]c1c([B])c([B])c(-c2ccc3ccc4ccc(Br)nc4c3n2)c([B])c1[B]. The van der Waals surface area contributed by atoms with Crippen LogP contribution in [0.5, 0.6) is 0 Å². The van der Waals surface area contributed by atoms with Crippen molar-refractivity contribution in [2.24, 2.45) is 0 Å². The molecule has 0 saturated carbocycles. The molecular formula is C18H6B5BrN2. The van der Waals surface area contributed by atoms with Gasteiger partial charge in [0, 0.05) is 10.8 Å². The first-order chi connectivity index (χ1) is 12.4. The second kappa shape index (κ2) is 6.35. The Morgan fingerprint density at radius 2 is 1.04 bits per heavy atom. The summed E-state index contributed by atoms with van der Waals surface area (Å²) in [6.07, 6.45) is 0. The Bertz CT molecular complexity index is 1180. The van der Waals surface area contributed by atoms with Gasteiger partial charge in [0.1, 0.15) is 43.8 Å². The summed E-state index contributed by atoms with van der Waals surface area (Å²) in [4.78, 5) is 9.31. The summed E-state index contributed by atoms with van der Waals surface area (Å²) < 4.78 is 0.727. The van der Waals surface area contributed by atoms with E-state index in [2.05, 4.69) is 20.9 Å². The molecule has 0 bridgehead atoms. The Balaban J connectivity index is 2.08. The van der Waals surface area contributed by atoms with Crippen LogP contribution in [0, 0.1) is 0 Å². The zero-order valence-corrected chi connectivity index (χ0v) is 15.2. The van der Waals surface area contributed by atoms with Crippen LogP contribution in [0.2, 0.25) is 0 Å². The Hall–Kier alpha value is -1.94. The molecule has 0 fully saturated rings. The van der Waals surface area contributed by atoms with E-state index in [9.17, 15) is 0 Å². The van der Waals surface area contributed by atoms with Gasteiger partial charge in [0.25, 0.3) is 0 Å². The van der Waals surface area contributed by atoms with Gasteiger partial charge in [-0.05, 0) is 33.6 Å². The highest BCUT2D eigenvalue weighted by atomic mass is 79.9. The number of rotatable bonds is 1. The summed E-state index contributed by atoms with van der Waals surface area (Å²) in [5.74, 6) is 0. The van der Waals surface area contributed by atoms with Crippen LogP contribution in [-0.2, 0) is 0 Å². The molecule has 0 spiro atoms.